The van der Waals surface area contributed by atoms with Gasteiger partial charge in [0.1, 0.15) is 5.65 Å². The van der Waals surface area contributed by atoms with Crippen LogP contribution in [-0.2, 0) is 12.0 Å². The molecule has 0 radical (unpaired) electrons. The first-order chi connectivity index (χ1) is 11.7. The Balaban J connectivity index is 1.99. The second kappa shape index (κ2) is 7.79. The Morgan fingerprint density at radius 2 is 2.24 bits per heavy atom. The summed E-state index contributed by atoms with van der Waals surface area (Å²) in [4.78, 5) is 19.4. The number of rotatable bonds is 8. The van der Waals surface area contributed by atoms with Crippen LogP contribution in [0.5, 0.6) is 0 Å². The molecule has 2 aromatic rings. The molecular weight excluding hydrogens is 320 g/mol. The molecule has 0 aromatic carbocycles. The van der Waals surface area contributed by atoms with Gasteiger partial charge in [-0.15, -0.1) is 0 Å². The van der Waals surface area contributed by atoms with Crippen molar-refractivity contribution in [2.75, 3.05) is 13.1 Å². The van der Waals surface area contributed by atoms with Gasteiger partial charge in [0, 0.05) is 35.7 Å². The molecule has 2 heterocycles. The van der Waals surface area contributed by atoms with Crippen molar-refractivity contribution in [3.63, 3.8) is 0 Å². The van der Waals surface area contributed by atoms with Crippen LogP contribution in [0.15, 0.2) is 17.1 Å². The predicted molar refractivity (Wildman–Crippen MR) is 99.1 cm³/mol. The third-order valence-electron chi connectivity index (χ3n) is 3.97. The first kappa shape index (κ1) is 19.1. The van der Waals surface area contributed by atoms with Gasteiger partial charge in [-0.3, -0.25) is 9.98 Å². The molecule has 0 saturated heterocycles. The summed E-state index contributed by atoms with van der Waals surface area (Å²) >= 11 is 0. The largest absolute Gasteiger partial charge is 0.390 e. The molecule has 0 amide bonds. The van der Waals surface area contributed by atoms with Crippen LogP contribution in [0.25, 0.3) is 11.0 Å². The van der Waals surface area contributed by atoms with Crippen LogP contribution in [0.2, 0.25) is 0 Å². The Hall–Kier alpha value is -2.19. The maximum Gasteiger partial charge on any atom is 0.349 e. The molecule has 8 heteroatoms. The van der Waals surface area contributed by atoms with E-state index in [9.17, 15) is 9.90 Å². The topological polar surface area (TPSA) is 133 Å². The van der Waals surface area contributed by atoms with E-state index in [-0.39, 0.29) is 23.5 Å². The van der Waals surface area contributed by atoms with Crippen LogP contribution >= 0.6 is 0 Å². The second-order valence-electron chi connectivity index (χ2n) is 7.40. The van der Waals surface area contributed by atoms with E-state index < -0.39 is 6.10 Å². The van der Waals surface area contributed by atoms with Crippen LogP contribution in [0.1, 0.15) is 39.3 Å². The third-order valence-corrected chi connectivity index (χ3v) is 3.97. The van der Waals surface area contributed by atoms with Gasteiger partial charge in [-0.25, -0.2) is 4.79 Å². The number of aromatic nitrogens is 3. The second-order valence-corrected chi connectivity index (χ2v) is 7.40. The standard InChI is InChI=1S/C17H28N6O2/c1-17(2,3)13-7-11-9-23(16(25)22-15(11)21-13)10-12(24)8-20-6-4-5-14(18)19/h7,9,12,20,24H,4-6,8,10H2,1-3H3,(H3,18,19)(H,21,22,25). The van der Waals surface area contributed by atoms with Gasteiger partial charge in [0.25, 0.3) is 0 Å². The number of hydrogen-bond donors (Lipinski definition) is 5. The molecule has 6 N–H and O–H groups in total. The van der Waals surface area contributed by atoms with E-state index in [1.54, 1.807) is 6.20 Å². The quantitative estimate of drug-likeness (QED) is 0.272. The summed E-state index contributed by atoms with van der Waals surface area (Å²) in [6.07, 6.45) is 2.31. The molecule has 0 saturated carbocycles. The summed E-state index contributed by atoms with van der Waals surface area (Å²) in [5, 5.41) is 21.2. The number of aliphatic hydroxyl groups excluding tert-OH is 1. The lowest BCUT2D eigenvalue weighted by molar-refractivity contribution is 0.150. The van der Waals surface area contributed by atoms with E-state index in [0.717, 1.165) is 17.5 Å². The Morgan fingerprint density at radius 1 is 1.52 bits per heavy atom. The maximum atomic E-state index is 12.1. The summed E-state index contributed by atoms with van der Waals surface area (Å²) in [5.41, 5.74) is 6.43. The number of H-pyrrole nitrogens is 1. The highest BCUT2D eigenvalue weighted by molar-refractivity contribution is 5.76. The van der Waals surface area contributed by atoms with Gasteiger partial charge in [0.05, 0.1) is 18.5 Å². The summed E-state index contributed by atoms with van der Waals surface area (Å²) < 4.78 is 1.44. The molecule has 1 atom stereocenters. The van der Waals surface area contributed by atoms with Crippen LogP contribution in [-0.4, -0.2) is 44.7 Å². The Kier molecular flexibility index (Phi) is 5.97. The van der Waals surface area contributed by atoms with Gasteiger partial charge < -0.3 is 21.1 Å². The molecule has 0 spiro atoms. The zero-order chi connectivity index (χ0) is 18.6. The summed E-state index contributed by atoms with van der Waals surface area (Å²) in [5.74, 6) is 0.161. The van der Waals surface area contributed by atoms with Gasteiger partial charge in [-0.2, -0.15) is 4.98 Å². The number of aromatic amines is 1. The van der Waals surface area contributed by atoms with E-state index in [2.05, 4.69) is 36.1 Å². The first-order valence-electron chi connectivity index (χ1n) is 8.49. The van der Waals surface area contributed by atoms with E-state index in [0.29, 0.717) is 25.2 Å². The fourth-order valence-electron chi connectivity index (χ4n) is 2.53. The summed E-state index contributed by atoms with van der Waals surface area (Å²) in [6, 6.07) is 1.99. The van der Waals surface area contributed by atoms with Crippen molar-refractivity contribution < 1.29 is 5.11 Å². The molecule has 0 aliphatic carbocycles. The lowest BCUT2D eigenvalue weighted by Gasteiger charge is -2.15. The average molecular weight is 348 g/mol. The van der Waals surface area contributed by atoms with Gasteiger partial charge in [0.2, 0.25) is 0 Å². The molecule has 0 aliphatic heterocycles. The number of amidine groups is 1. The number of nitrogens with two attached hydrogens (primary N) is 1. The minimum absolute atomic E-state index is 0.0577. The number of nitrogens with zero attached hydrogens (tertiary/aromatic N) is 2. The number of fused-ring (bicyclic) bond motifs is 1. The monoisotopic (exact) mass is 348 g/mol. The smallest absolute Gasteiger partial charge is 0.349 e. The van der Waals surface area contributed by atoms with Crippen LogP contribution in [0, 0.1) is 5.41 Å². The SMILES string of the molecule is CC(C)(C)c1cc2cn(CC(O)CNCCCC(=N)N)c(=O)nc2[nH]1. The average Bonchev–Trinajstić information content (AvgIpc) is 2.90. The van der Waals surface area contributed by atoms with E-state index in [1.807, 2.05) is 6.07 Å². The summed E-state index contributed by atoms with van der Waals surface area (Å²) in [6.45, 7) is 7.47. The fourth-order valence-corrected chi connectivity index (χ4v) is 2.53. The van der Waals surface area contributed by atoms with Crippen LogP contribution in [0.4, 0.5) is 0 Å². The lowest BCUT2D eigenvalue weighted by Crippen LogP contribution is -2.35. The molecule has 138 valence electrons. The van der Waals surface area contributed by atoms with Crippen molar-refractivity contribution in [2.24, 2.45) is 5.73 Å². The van der Waals surface area contributed by atoms with Crippen molar-refractivity contribution >= 4 is 16.9 Å². The maximum absolute atomic E-state index is 12.1. The van der Waals surface area contributed by atoms with E-state index in [4.69, 9.17) is 11.1 Å². The van der Waals surface area contributed by atoms with Gasteiger partial charge in [0.15, 0.2) is 0 Å². The molecule has 0 aliphatic rings. The third kappa shape index (κ3) is 5.40. The summed E-state index contributed by atoms with van der Waals surface area (Å²) in [7, 11) is 0. The first-order valence-corrected chi connectivity index (χ1v) is 8.49. The fraction of sp³-hybridized carbons (Fsp3) is 0.588. The molecule has 1 unspecified atom stereocenters. The van der Waals surface area contributed by atoms with Crippen LogP contribution < -0.4 is 16.7 Å². The number of aliphatic hydroxyl groups is 1. The normalized spacial score (nSPS) is 13.3. The van der Waals surface area contributed by atoms with Gasteiger partial charge in [-0.05, 0) is 19.0 Å². The molecular formula is C17H28N6O2. The number of hydrogen-bond acceptors (Lipinski definition) is 5. The van der Waals surface area contributed by atoms with Crippen LogP contribution in [0.3, 0.4) is 0 Å². The number of nitrogens with one attached hydrogen (secondary N) is 3. The highest BCUT2D eigenvalue weighted by Gasteiger charge is 2.17. The molecule has 25 heavy (non-hydrogen) atoms. The van der Waals surface area contributed by atoms with E-state index >= 15 is 0 Å². The molecule has 0 fully saturated rings. The Morgan fingerprint density at radius 3 is 2.88 bits per heavy atom. The van der Waals surface area contributed by atoms with Crippen molar-refractivity contribution in [2.45, 2.75) is 51.7 Å². The van der Waals surface area contributed by atoms with Crippen molar-refractivity contribution in [3.8, 4) is 0 Å². The van der Waals surface area contributed by atoms with E-state index in [1.165, 1.54) is 4.57 Å². The molecule has 2 aromatic heterocycles. The van der Waals surface area contributed by atoms with Crippen molar-refractivity contribution in [1.82, 2.24) is 19.9 Å². The Labute approximate surface area is 147 Å². The molecule has 8 nitrogen and oxygen atoms in total. The van der Waals surface area contributed by atoms with Gasteiger partial charge in [-0.1, -0.05) is 20.8 Å². The molecule has 0 bridgehead atoms. The highest BCUT2D eigenvalue weighted by atomic mass is 16.3. The zero-order valence-corrected chi connectivity index (χ0v) is 15.1. The minimum atomic E-state index is -0.699. The lowest BCUT2D eigenvalue weighted by atomic mass is 9.92. The van der Waals surface area contributed by atoms with Gasteiger partial charge >= 0.3 is 5.69 Å². The van der Waals surface area contributed by atoms with Crippen molar-refractivity contribution in [1.29, 1.82) is 5.41 Å². The van der Waals surface area contributed by atoms with Crippen molar-refractivity contribution in [3.05, 3.63) is 28.4 Å². The highest BCUT2D eigenvalue weighted by Crippen LogP contribution is 2.24. The predicted octanol–water partition coefficient (Wildman–Crippen LogP) is 0.689. The zero-order valence-electron chi connectivity index (χ0n) is 15.1. The molecule has 2 rings (SSSR count). The Bertz CT molecular complexity index is 787. The minimum Gasteiger partial charge on any atom is -0.390 e.